The van der Waals surface area contributed by atoms with E-state index in [0.717, 1.165) is 18.4 Å². The number of carbonyl (C=O) groups is 1. The molecule has 0 bridgehead atoms. The van der Waals surface area contributed by atoms with Gasteiger partial charge in [-0.1, -0.05) is 23.2 Å². The first-order valence-corrected chi connectivity index (χ1v) is 7.55. The summed E-state index contributed by atoms with van der Waals surface area (Å²) in [6.07, 6.45) is 5.56. The zero-order chi connectivity index (χ0) is 14.8. The van der Waals surface area contributed by atoms with E-state index in [1.54, 1.807) is 30.6 Å². The van der Waals surface area contributed by atoms with Gasteiger partial charge in [-0.2, -0.15) is 0 Å². The van der Waals surface area contributed by atoms with Crippen molar-refractivity contribution in [3.63, 3.8) is 0 Å². The second-order valence-corrected chi connectivity index (χ2v) is 5.99. The molecule has 1 saturated carbocycles. The Bertz CT molecular complexity index is 657. The average molecular weight is 321 g/mol. The molecule has 0 spiro atoms. The highest BCUT2D eigenvalue weighted by Gasteiger charge is 2.33. The minimum atomic E-state index is -0.0454. The molecule has 1 heterocycles. The molecule has 0 aliphatic heterocycles. The molecule has 1 fully saturated rings. The van der Waals surface area contributed by atoms with Gasteiger partial charge in [-0.25, -0.2) is 0 Å². The van der Waals surface area contributed by atoms with Crippen molar-refractivity contribution < 1.29 is 4.79 Å². The lowest BCUT2D eigenvalue weighted by Gasteiger charge is -2.23. The van der Waals surface area contributed by atoms with Gasteiger partial charge in [0.05, 0.1) is 10.6 Å². The molecule has 0 saturated heterocycles. The van der Waals surface area contributed by atoms with E-state index >= 15 is 0 Å². The van der Waals surface area contributed by atoms with Crippen molar-refractivity contribution in [2.45, 2.75) is 25.4 Å². The maximum atomic E-state index is 12.7. The van der Waals surface area contributed by atoms with E-state index in [-0.39, 0.29) is 5.91 Å². The van der Waals surface area contributed by atoms with Gasteiger partial charge < -0.3 is 4.90 Å². The maximum Gasteiger partial charge on any atom is 0.255 e. The van der Waals surface area contributed by atoms with Gasteiger partial charge in [0.1, 0.15) is 0 Å². The molecule has 2 aromatic rings. The number of hydrogen-bond donors (Lipinski definition) is 0. The maximum absolute atomic E-state index is 12.7. The monoisotopic (exact) mass is 320 g/mol. The Balaban J connectivity index is 1.85. The third kappa shape index (κ3) is 3.36. The van der Waals surface area contributed by atoms with Crippen LogP contribution in [-0.4, -0.2) is 21.8 Å². The number of rotatable bonds is 4. The van der Waals surface area contributed by atoms with Crippen molar-refractivity contribution in [3.8, 4) is 0 Å². The van der Waals surface area contributed by atoms with Crippen LogP contribution in [0.1, 0.15) is 28.8 Å². The molecular weight excluding hydrogens is 307 g/mol. The molecule has 5 heteroatoms. The van der Waals surface area contributed by atoms with Crippen molar-refractivity contribution in [1.29, 1.82) is 0 Å². The molecular formula is C16H14Cl2N2O. The van der Waals surface area contributed by atoms with E-state index in [1.165, 1.54) is 0 Å². The average Bonchev–Trinajstić information content (AvgIpc) is 3.30. The van der Waals surface area contributed by atoms with Crippen LogP contribution < -0.4 is 0 Å². The third-order valence-electron chi connectivity index (χ3n) is 3.51. The normalized spacial score (nSPS) is 14.0. The molecule has 1 aromatic carbocycles. The molecule has 108 valence electrons. The first kappa shape index (κ1) is 14.4. The van der Waals surface area contributed by atoms with Gasteiger partial charge in [0.15, 0.2) is 0 Å². The topological polar surface area (TPSA) is 33.2 Å². The quantitative estimate of drug-likeness (QED) is 0.846. The molecule has 1 amide bonds. The van der Waals surface area contributed by atoms with Crippen molar-refractivity contribution in [3.05, 3.63) is 63.9 Å². The number of carbonyl (C=O) groups excluding carboxylic acids is 1. The minimum absolute atomic E-state index is 0.0454. The minimum Gasteiger partial charge on any atom is -0.331 e. The molecule has 1 aliphatic rings. The van der Waals surface area contributed by atoms with Gasteiger partial charge in [0.2, 0.25) is 0 Å². The Hall–Kier alpha value is -1.58. The van der Waals surface area contributed by atoms with Gasteiger partial charge in [0, 0.05) is 30.0 Å². The Kier molecular flexibility index (Phi) is 4.13. The van der Waals surface area contributed by atoms with Crippen LogP contribution in [0.4, 0.5) is 0 Å². The van der Waals surface area contributed by atoms with E-state index in [1.807, 2.05) is 17.0 Å². The lowest BCUT2D eigenvalue weighted by atomic mass is 10.1. The molecule has 0 radical (unpaired) electrons. The summed E-state index contributed by atoms with van der Waals surface area (Å²) in [5, 5.41) is 0.927. The summed E-state index contributed by atoms with van der Waals surface area (Å²) >= 11 is 12.0. The Morgan fingerprint density at radius 1 is 1.19 bits per heavy atom. The van der Waals surface area contributed by atoms with Crippen LogP contribution >= 0.6 is 23.2 Å². The highest BCUT2D eigenvalue weighted by atomic mass is 35.5. The highest BCUT2D eigenvalue weighted by Crippen LogP contribution is 2.31. The Morgan fingerprint density at radius 3 is 2.52 bits per heavy atom. The van der Waals surface area contributed by atoms with Crippen molar-refractivity contribution in [1.82, 2.24) is 9.88 Å². The molecule has 3 rings (SSSR count). The number of halogens is 2. The number of hydrogen-bond acceptors (Lipinski definition) is 2. The Morgan fingerprint density at radius 2 is 1.90 bits per heavy atom. The van der Waals surface area contributed by atoms with Gasteiger partial charge in [-0.05, 0) is 48.7 Å². The molecule has 0 atom stereocenters. The van der Waals surface area contributed by atoms with Crippen molar-refractivity contribution in [2.75, 3.05) is 0 Å². The number of nitrogens with zero attached hydrogens (tertiary/aromatic N) is 2. The highest BCUT2D eigenvalue weighted by molar-refractivity contribution is 6.36. The zero-order valence-electron chi connectivity index (χ0n) is 11.3. The van der Waals surface area contributed by atoms with Crippen LogP contribution in [0.3, 0.4) is 0 Å². The molecule has 3 nitrogen and oxygen atoms in total. The fourth-order valence-electron chi connectivity index (χ4n) is 2.26. The molecule has 0 unspecified atom stereocenters. The van der Waals surface area contributed by atoms with E-state index < -0.39 is 0 Å². The van der Waals surface area contributed by atoms with Crippen LogP contribution in [0, 0.1) is 0 Å². The van der Waals surface area contributed by atoms with E-state index in [4.69, 9.17) is 23.2 Å². The third-order valence-corrected chi connectivity index (χ3v) is 4.06. The van der Waals surface area contributed by atoms with Crippen molar-refractivity contribution in [2.24, 2.45) is 0 Å². The summed E-state index contributed by atoms with van der Waals surface area (Å²) in [7, 11) is 0. The number of aromatic nitrogens is 1. The second kappa shape index (κ2) is 6.04. The van der Waals surface area contributed by atoms with Crippen LogP contribution in [0.5, 0.6) is 0 Å². The van der Waals surface area contributed by atoms with E-state index in [2.05, 4.69) is 4.98 Å². The first-order chi connectivity index (χ1) is 10.1. The SMILES string of the molecule is O=C(c1ccc(Cl)cc1Cl)N(Cc1ccncc1)C1CC1. The summed E-state index contributed by atoms with van der Waals surface area (Å²) in [6, 6.07) is 9.14. The summed E-state index contributed by atoms with van der Waals surface area (Å²) in [5.74, 6) is -0.0454. The molecule has 21 heavy (non-hydrogen) atoms. The summed E-state index contributed by atoms with van der Waals surface area (Å²) in [5.41, 5.74) is 1.57. The molecule has 1 aliphatic carbocycles. The summed E-state index contributed by atoms with van der Waals surface area (Å²) in [6.45, 7) is 0.574. The number of benzene rings is 1. The zero-order valence-corrected chi connectivity index (χ0v) is 12.8. The molecule has 0 N–H and O–H groups in total. The summed E-state index contributed by atoms with van der Waals surface area (Å²) < 4.78 is 0. The van der Waals surface area contributed by atoms with Crippen LogP contribution in [0.2, 0.25) is 10.0 Å². The van der Waals surface area contributed by atoms with Gasteiger partial charge >= 0.3 is 0 Å². The van der Waals surface area contributed by atoms with Crippen molar-refractivity contribution >= 4 is 29.1 Å². The fourth-order valence-corrected chi connectivity index (χ4v) is 2.74. The van der Waals surface area contributed by atoms with Crippen LogP contribution in [0.25, 0.3) is 0 Å². The lowest BCUT2D eigenvalue weighted by Crippen LogP contribution is -2.32. The fraction of sp³-hybridized carbons (Fsp3) is 0.250. The van der Waals surface area contributed by atoms with E-state index in [9.17, 15) is 4.79 Å². The second-order valence-electron chi connectivity index (χ2n) is 5.14. The van der Waals surface area contributed by atoms with E-state index in [0.29, 0.717) is 28.2 Å². The predicted molar refractivity (Wildman–Crippen MR) is 83.6 cm³/mol. The number of pyridine rings is 1. The summed E-state index contributed by atoms with van der Waals surface area (Å²) in [4.78, 5) is 18.6. The van der Waals surface area contributed by atoms with Crippen LogP contribution in [0.15, 0.2) is 42.7 Å². The Labute approximate surface area is 133 Å². The number of amides is 1. The predicted octanol–water partition coefficient (Wildman–Crippen LogP) is 4.19. The first-order valence-electron chi connectivity index (χ1n) is 6.80. The lowest BCUT2D eigenvalue weighted by molar-refractivity contribution is 0.0730. The molecule has 1 aromatic heterocycles. The van der Waals surface area contributed by atoms with Gasteiger partial charge in [0.25, 0.3) is 5.91 Å². The van der Waals surface area contributed by atoms with Crippen LogP contribution in [-0.2, 0) is 6.54 Å². The van der Waals surface area contributed by atoms with Gasteiger partial charge in [-0.15, -0.1) is 0 Å². The van der Waals surface area contributed by atoms with Gasteiger partial charge in [-0.3, -0.25) is 9.78 Å². The largest absolute Gasteiger partial charge is 0.331 e. The standard InChI is InChI=1S/C16H14Cl2N2O/c17-12-1-4-14(15(18)9-12)16(21)20(13-2-3-13)10-11-5-7-19-8-6-11/h1,4-9,13H,2-3,10H2. The smallest absolute Gasteiger partial charge is 0.255 e.